The van der Waals surface area contributed by atoms with E-state index in [-0.39, 0.29) is 6.03 Å². The summed E-state index contributed by atoms with van der Waals surface area (Å²) in [5.41, 5.74) is 8.12. The molecule has 0 bridgehead atoms. The Morgan fingerprint density at radius 3 is 2.80 bits per heavy atom. The van der Waals surface area contributed by atoms with Crippen molar-refractivity contribution in [2.45, 2.75) is 20.3 Å². The number of nitrogens with two attached hydrogens (primary N) is 1. The number of aryl methyl sites for hydroxylation is 1. The summed E-state index contributed by atoms with van der Waals surface area (Å²) in [5, 5.41) is 5.47. The maximum atomic E-state index is 11.3. The lowest BCUT2D eigenvalue weighted by molar-refractivity contribution is 0.252. The minimum absolute atomic E-state index is 0.180. The summed E-state index contributed by atoms with van der Waals surface area (Å²) < 4.78 is 0. The Labute approximate surface area is 89.9 Å². The Morgan fingerprint density at radius 2 is 2.20 bits per heavy atom. The molecular weight excluding hydrogens is 190 g/mol. The average molecular weight is 207 g/mol. The highest BCUT2D eigenvalue weighted by Crippen LogP contribution is 2.16. The second kappa shape index (κ2) is 5.24. The van der Waals surface area contributed by atoms with Gasteiger partial charge in [-0.25, -0.2) is 4.79 Å². The summed E-state index contributed by atoms with van der Waals surface area (Å²) in [6, 6.07) is 5.24. The SMILES string of the molecule is CCCNC(=O)Nc1ccc(N)c(C)c1. The predicted octanol–water partition coefficient (Wildman–Crippen LogP) is 2.11. The molecule has 0 aliphatic carbocycles. The minimum Gasteiger partial charge on any atom is -0.399 e. The zero-order valence-corrected chi connectivity index (χ0v) is 9.13. The first kappa shape index (κ1) is 11.4. The number of carbonyl (C=O) groups is 1. The maximum absolute atomic E-state index is 11.3. The van der Waals surface area contributed by atoms with E-state index in [2.05, 4.69) is 10.6 Å². The van der Waals surface area contributed by atoms with Crippen molar-refractivity contribution in [1.82, 2.24) is 5.32 Å². The van der Waals surface area contributed by atoms with E-state index >= 15 is 0 Å². The van der Waals surface area contributed by atoms with Gasteiger partial charge in [-0.05, 0) is 37.1 Å². The summed E-state index contributed by atoms with van der Waals surface area (Å²) in [6.45, 7) is 4.60. The van der Waals surface area contributed by atoms with Gasteiger partial charge in [-0.1, -0.05) is 6.92 Å². The number of nitrogens with one attached hydrogen (secondary N) is 2. The summed E-state index contributed by atoms with van der Waals surface area (Å²) in [4.78, 5) is 11.3. The molecule has 0 unspecified atom stereocenters. The number of carbonyl (C=O) groups excluding carboxylic acids is 1. The molecule has 0 aliphatic heterocycles. The molecule has 4 N–H and O–H groups in total. The highest BCUT2D eigenvalue weighted by molar-refractivity contribution is 5.89. The first-order chi connectivity index (χ1) is 7.13. The van der Waals surface area contributed by atoms with Crippen molar-refractivity contribution in [3.63, 3.8) is 0 Å². The van der Waals surface area contributed by atoms with Gasteiger partial charge in [-0.15, -0.1) is 0 Å². The van der Waals surface area contributed by atoms with Gasteiger partial charge in [0.2, 0.25) is 0 Å². The second-order valence-corrected chi connectivity index (χ2v) is 3.45. The smallest absolute Gasteiger partial charge is 0.319 e. The number of amides is 2. The van der Waals surface area contributed by atoms with Crippen LogP contribution in [0.2, 0.25) is 0 Å². The van der Waals surface area contributed by atoms with Gasteiger partial charge < -0.3 is 16.4 Å². The van der Waals surface area contributed by atoms with E-state index in [1.165, 1.54) is 0 Å². The lowest BCUT2D eigenvalue weighted by atomic mass is 10.2. The molecule has 1 aromatic rings. The molecule has 0 atom stereocenters. The fourth-order valence-electron chi connectivity index (χ4n) is 1.17. The van der Waals surface area contributed by atoms with Crippen LogP contribution in [0.5, 0.6) is 0 Å². The van der Waals surface area contributed by atoms with Crippen LogP contribution in [-0.4, -0.2) is 12.6 Å². The molecule has 0 saturated carbocycles. The van der Waals surface area contributed by atoms with Crippen molar-refractivity contribution in [2.75, 3.05) is 17.6 Å². The van der Waals surface area contributed by atoms with Gasteiger partial charge in [0, 0.05) is 17.9 Å². The van der Waals surface area contributed by atoms with Crippen LogP contribution in [0.3, 0.4) is 0 Å². The van der Waals surface area contributed by atoms with E-state index in [4.69, 9.17) is 5.73 Å². The first-order valence-corrected chi connectivity index (χ1v) is 5.04. The second-order valence-electron chi connectivity index (χ2n) is 3.45. The van der Waals surface area contributed by atoms with Crippen molar-refractivity contribution in [2.24, 2.45) is 0 Å². The number of anilines is 2. The van der Waals surface area contributed by atoms with E-state index in [1.807, 2.05) is 19.9 Å². The lowest BCUT2D eigenvalue weighted by Crippen LogP contribution is -2.29. The molecule has 1 aromatic carbocycles. The van der Waals surface area contributed by atoms with Crippen molar-refractivity contribution < 1.29 is 4.79 Å². The quantitative estimate of drug-likeness (QED) is 0.664. The summed E-state index contributed by atoms with van der Waals surface area (Å²) in [5.74, 6) is 0. The number of hydrogen-bond acceptors (Lipinski definition) is 2. The standard InChI is InChI=1S/C11H17N3O/c1-3-6-13-11(15)14-9-4-5-10(12)8(2)7-9/h4-5,7H,3,6,12H2,1-2H3,(H2,13,14,15). The molecule has 15 heavy (non-hydrogen) atoms. The van der Waals surface area contributed by atoms with Gasteiger partial charge in [-0.3, -0.25) is 0 Å². The highest BCUT2D eigenvalue weighted by Gasteiger charge is 2.01. The Bertz CT molecular complexity index is 350. The zero-order chi connectivity index (χ0) is 11.3. The normalized spacial score (nSPS) is 9.73. The van der Waals surface area contributed by atoms with Crippen LogP contribution in [0.4, 0.5) is 16.2 Å². The Kier molecular flexibility index (Phi) is 3.97. The molecule has 0 fully saturated rings. The number of benzene rings is 1. The molecule has 0 aliphatic rings. The predicted molar refractivity (Wildman–Crippen MR) is 62.9 cm³/mol. The van der Waals surface area contributed by atoms with Gasteiger partial charge >= 0.3 is 6.03 Å². The zero-order valence-electron chi connectivity index (χ0n) is 9.13. The molecule has 1 rings (SSSR count). The van der Waals surface area contributed by atoms with Crippen molar-refractivity contribution in [3.05, 3.63) is 23.8 Å². The van der Waals surface area contributed by atoms with E-state index in [1.54, 1.807) is 12.1 Å². The van der Waals surface area contributed by atoms with Gasteiger partial charge in [0.25, 0.3) is 0 Å². The summed E-state index contributed by atoms with van der Waals surface area (Å²) in [6.07, 6.45) is 0.925. The molecular formula is C11H17N3O. The largest absolute Gasteiger partial charge is 0.399 e. The molecule has 4 heteroatoms. The maximum Gasteiger partial charge on any atom is 0.319 e. The van der Waals surface area contributed by atoms with Gasteiger partial charge in [0.05, 0.1) is 0 Å². The average Bonchev–Trinajstić information content (AvgIpc) is 2.20. The Hall–Kier alpha value is -1.71. The van der Waals surface area contributed by atoms with Crippen LogP contribution in [0.15, 0.2) is 18.2 Å². The third-order valence-corrected chi connectivity index (χ3v) is 2.06. The summed E-state index contributed by atoms with van der Waals surface area (Å²) >= 11 is 0. The molecule has 82 valence electrons. The van der Waals surface area contributed by atoms with E-state index in [0.29, 0.717) is 6.54 Å². The number of urea groups is 1. The van der Waals surface area contributed by atoms with Crippen molar-refractivity contribution in [1.29, 1.82) is 0 Å². The van der Waals surface area contributed by atoms with Crippen LogP contribution < -0.4 is 16.4 Å². The molecule has 0 spiro atoms. The molecule has 4 nitrogen and oxygen atoms in total. The van der Waals surface area contributed by atoms with Crippen LogP contribution >= 0.6 is 0 Å². The monoisotopic (exact) mass is 207 g/mol. The molecule has 0 aromatic heterocycles. The Morgan fingerprint density at radius 1 is 1.47 bits per heavy atom. The van der Waals surface area contributed by atoms with Crippen LogP contribution in [0.1, 0.15) is 18.9 Å². The molecule has 0 saturated heterocycles. The molecule has 2 amide bonds. The van der Waals surface area contributed by atoms with Crippen molar-refractivity contribution >= 4 is 17.4 Å². The van der Waals surface area contributed by atoms with E-state index in [0.717, 1.165) is 23.4 Å². The molecule has 0 radical (unpaired) electrons. The van der Waals surface area contributed by atoms with Crippen molar-refractivity contribution in [3.8, 4) is 0 Å². The van der Waals surface area contributed by atoms with Crippen LogP contribution in [0, 0.1) is 6.92 Å². The summed E-state index contributed by atoms with van der Waals surface area (Å²) in [7, 11) is 0. The Balaban J connectivity index is 2.57. The fourth-order valence-corrected chi connectivity index (χ4v) is 1.17. The number of rotatable bonds is 3. The topological polar surface area (TPSA) is 67.2 Å². The third kappa shape index (κ3) is 3.50. The van der Waals surface area contributed by atoms with Crippen LogP contribution in [-0.2, 0) is 0 Å². The van der Waals surface area contributed by atoms with Gasteiger partial charge in [-0.2, -0.15) is 0 Å². The lowest BCUT2D eigenvalue weighted by Gasteiger charge is -2.08. The van der Waals surface area contributed by atoms with E-state index < -0.39 is 0 Å². The molecule has 0 heterocycles. The van der Waals surface area contributed by atoms with Gasteiger partial charge in [0.15, 0.2) is 0 Å². The van der Waals surface area contributed by atoms with E-state index in [9.17, 15) is 4.79 Å². The minimum atomic E-state index is -0.180. The van der Waals surface area contributed by atoms with Crippen LogP contribution in [0.25, 0.3) is 0 Å². The number of hydrogen-bond donors (Lipinski definition) is 3. The van der Waals surface area contributed by atoms with Gasteiger partial charge in [0.1, 0.15) is 0 Å². The number of nitrogen functional groups attached to an aromatic ring is 1. The highest BCUT2D eigenvalue weighted by atomic mass is 16.2. The first-order valence-electron chi connectivity index (χ1n) is 5.04. The third-order valence-electron chi connectivity index (χ3n) is 2.06. The fraction of sp³-hybridized carbons (Fsp3) is 0.364.